The van der Waals surface area contributed by atoms with Crippen LogP contribution in [0.3, 0.4) is 0 Å². The summed E-state index contributed by atoms with van der Waals surface area (Å²) in [6.45, 7) is 4.03. The number of aromatic nitrogens is 3. The summed E-state index contributed by atoms with van der Waals surface area (Å²) in [4.78, 5) is 4.56. The highest BCUT2D eigenvalue weighted by molar-refractivity contribution is 6.01. The van der Waals surface area contributed by atoms with Crippen molar-refractivity contribution in [2.24, 2.45) is 5.73 Å². The highest BCUT2D eigenvalue weighted by Gasteiger charge is 2.16. The summed E-state index contributed by atoms with van der Waals surface area (Å²) in [5.41, 5.74) is 12.3. The second kappa shape index (κ2) is 9.39. The Bertz CT molecular complexity index is 1020. The molecular weight excluding hydrogens is 415 g/mol. The normalized spacial score (nSPS) is 10.5. The molecule has 4 nitrogen and oxygen atoms in total. The molecule has 0 atom stereocenters. The van der Waals surface area contributed by atoms with Crippen molar-refractivity contribution in [3.05, 3.63) is 72.6 Å². The molecular formula is C21H23Cl3N4. The van der Waals surface area contributed by atoms with Gasteiger partial charge in [0.25, 0.3) is 0 Å². The fourth-order valence-corrected chi connectivity index (χ4v) is 3.12. The van der Waals surface area contributed by atoms with Gasteiger partial charge in [-0.1, -0.05) is 36.4 Å². The molecule has 2 aromatic heterocycles. The van der Waals surface area contributed by atoms with Gasteiger partial charge in [0.05, 0.1) is 17.4 Å². The zero-order valence-corrected chi connectivity index (χ0v) is 18.0. The van der Waals surface area contributed by atoms with Crippen LogP contribution in [0.4, 0.5) is 0 Å². The predicted molar refractivity (Wildman–Crippen MR) is 124 cm³/mol. The zero-order valence-electron chi connectivity index (χ0n) is 15.5. The Kier molecular flexibility index (Phi) is 8.03. The molecule has 0 aliphatic rings. The minimum Gasteiger partial charge on any atom is -0.322 e. The Morgan fingerprint density at radius 3 is 2.21 bits per heavy atom. The third-order valence-electron chi connectivity index (χ3n) is 4.49. The number of H-pyrrole nitrogens is 1. The number of nitrogens with one attached hydrogen (secondary N) is 1. The molecule has 0 spiro atoms. The average Bonchev–Trinajstić information content (AvgIpc) is 3.09. The van der Waals surface area contributed by atoms with Crippen molar-refractivity contribution in [1.29, 1.82) is 0 Å². The first-order chi connectivity index (χ1) is 12.0. The fourth-order valence-electron chi connectivity index (χ4n) is 3.12. The van der Waals surface area contributed by atoms with Crippen LogP contribution in [0.5, 0.6) is 0 Å². The van der Waals surface area contributed by atoms with Gasteiger partial charge in [-0.25, -0.2) is 0 Å². The van der Waals surface area contributed by atoms with E-state index in [1.165, 1.54) is 0 Å². The lowest BCUT2D eigenvalue weighted by Crippen LogP contribution is -2.28. The molecule has 2 heterocycles. The number of hydrogen-bond donors (Lipinski definition) is 2. The van der Waals surface area contributed by atoms with Crippen LogP contribution in [-0.2, 0) is 5.54 Å². The van der Waals surface area contributed by atoms with Gasteiger partial charge in [-0.3, -0.25) is 10.1 Å². The summed E-state index contributed by atoms with van der Waals surface area (Å²) in [5.74, 6) is 0. The maximum atomic E-state index is 6.20. The molecule has 0 aliphatic heterocycles. The van der Waals surface area contributed by atoms with Crippen molar-refractivity contribution in [3.8, 4) is 22.4 Å². The van der Waals surface area contributed by atoms with Crippen LogP contribution in [0, 0.1) is 0 Å². The molecule has 2 aromatic carbocycles. The molecule has 4 aromatic rings. The predicted octanol–water partition coefficient (Wildman–Crippen LogP) is 5.75. The van der Waals surface area contributed by atoms with Crippen LogP contribution >= 0.6 is 37.2 Å². The summed E-state index contributed by atoms with van der Waals surface area (Å²) < 4.78 is 0. The molecule has 0 unspecified atom stereocenters. The number of benzene rings is 2. The van der Waals surface area contributed by atoms with Crippen molar-refractivity contribution < 1.29 is 0 Å². The minimum atomic E-state index is -0.350. The van der Waals surface area contributed by atoms with E-state index in [-0.39, 0.29) is 42.8 Å². The Morgan fingerprint density at radius 2 is 1.61 bits per heavy atom. The third-order valence-corrected chi connectivity index (χ3v) is 4.49. The quantitative estimate of drug-likeness (QED) is 0.429. The van der Waals surface area contributed by atoms with Gasteiger partial charge in [0.2, 0.25) is 0 Å². The molecule has 0 amide bonds. The Balaban J connectivity index is 0.00000131. The lowest BCUT2D eigenvalue weighted by Gasteiger charge is -2.19. The molecule has 28 heavy (non-hydrogen) atoms. The van der Waals surface area contributed by atoms with E-state index >= 15 is 0 Å². The first kappa shape index (κ1) is 23.9. The molecule has 148 valence electrons. The van der Waals surface area contributed by atoms with E-state index in [0.29, 0.717) is 0 Å². The first-order valence-electron chi connectivity index (χ1n) is 8.31. The number of nitrogens with zero attached hydrogens (tertiary/aromatic N) is 2. The standard InChI is InChI=1S/C21H20N4.3ClH/c1-21(2,22)15-8-6-14(7-9-15)16-10-11-18-17(13-24-25-18)20(16)19-5-3-4-12-23-19;;;/h3-13H,22H2,1-2H3,(H,24,25);3*1H. The second-order valence-electron chi connectivity index (χ2n) is 6.83. The maximum Gasteiger partial charge on any atom is 0.0715 e. The number of pyridine rings is 1. The van der Waals surface area contributed by atoms with Gasteiger partial charge >= 0.3 is 0 Å². The van der Waals surface area contributed by atoms with Crippen molar-refractivity contribution in [3.63, 3.8) is 0 Å². The number of aromatic amines is 1. The van der Waals surface area contributed by atoms with Crippen LogP contribution in [0.2, 0.25) is 0 Å². The smallest absolute Gasteiger partial charge is 0.0715 e. The molecule has 0 radical (unpaired) electrons. The van der Waals surface area contributed by atoms with E-state index in [1.54, 1.807) is 0 Å². The highest BCUT2D eigenvalue weighted by Crippen LogP contribution is 2.37. The summed E-state index contributed by atoms with van der Waals surface area (Å²) in [5, 5.41) is 8.31. The van der Waals surface area contributed by atoms with Gasteiger partial charge in [-0.15, -0.1) is 37.2 Å². The Labute approximate surface area is 183 Å². The second-order valence-corrected chi connectivity index (χ2v) is 6.83. The van der Waals surface area contributed by atoms with Gasteiger partial charge in [-0.2, -0.15) is 5.10 Å². The summed E-state index contributed by atoms with van der Waals surface area (Å²) in [7, 11) is 0. The minimum absolute atomic E-state index is 0. The van der Waals surface area contributed by atoms with Crippen molar-refractivity contribution in [2.75, 3.05) is 0 Å². The van der Waals surface area contributed by atoms with E-state index in [2.05, 4.69) is 51.6 Å². The molecule has 0 bridgehead atoms. The van der Waals surface area contributed by atoms with Crippen LogP contribution in [-0.4, -0.2) is 15.2 Å². The lowest BCUT2D eigenvalue weighted by atomic mass is 9.90. The van der Waals surface area contributed by atoms with Gasteiger partial charge in [0.1, 0.15) is 0 Å². The van der Waals surface area contributed by atoms with Crippen molar-refractivity contribution in [1.82, 2.24) is 15.2 Å². The monoisotopic (exact) mass is 436 g/mol. The largest absolute Gasteiger partial charge is 0.322 e. The number of nitrogens with two attached hydrogens (primary N) is 1. The van der Waals surface area contributed by atoms with Gasteiger partial charge < -0.3 is 5.73 Å². The van der Waals surface area contributed by atoms with E-state index in [9.17, 15) is 0 Å². The summed E-state index contributed by atoms with van der Waals surface area (Å²) in [6.07, 6.45) is 3.68. The molecule has 4 rings (SSSR count). The fraction of sp³-hybridized carbons (Fsp3) is 0.143. The van der Waals surface area contributed by atoms with Crippen LogP contribution in [0.15, 0.2) is 67.0 Å². The highest BCUT2D eigenvalue weighted by atomic mass is 35.5. The van der Waals surface area contributed by atoms with E-state index in [4.69, 9.17) is 5.73 Å². The maximum absolute atomic E-state index is 6.20. The first-order valence-corrected chi connectivity index (χ1v) is 8.31. The Morgan fingerprint density at radius 1 is 0.893 bits per heavy atom. The van der Waals surface area contributed by atoms with Gasteiger partial charge in [-0.05, 0) is 48.7 Å². The third kappa shape index (κ3) is 4.47. The number of fused-ring (bicyclic) bond motifs is 1. The summed E-state index contributed by atoms with van der Waals surface area (Å²) >= 11 is 0. The molecule has 7 heteroatoms. The van der Waals surface area contributed by atoms with Crippen LogP contribution in [0.25, 0.3) is 33.3 Å². The van der Waals surface area contributed by atoms with Crippen molar-refractivity contribution in [2.45, 2.75) is 19.4 Å². The number of halogens is 3. The van der Waals surface area contributed by atoms with E-state index < -0.39 is 0 Å². The Hall–Kier alpha value is -2.11. The van der Waals surface area contributed by atoms with Gasteiger partial charge in [0, 0.05) is 22.7 Å². The van der Waals surface area contributed by atoms with Gasteiger partial charge in [0.15, 0.2) is 0 Å². The molecule has 0 aliphatic carbocycles. The lowest BCUT2D eigenvalue weighted by molar-refractivity contribution is 0.554. The van der Waals surface area contributed by atoms with E-state index in [1.807, 2.05) is 44.4 Å². The van der Waals surface area contributed by atoms with Crippen LogP contribution in [0.1, 0.15) is 19.4 Å². The molecule has 3 N–H and O–H groups in total. The number of rotatable bonds is 3. The average molecular weight is 438 g/mol. The number of hydrogen-bond acceptors (Lipinski definition) is 3. The zero-order chi connectivity index (χ0) is 17.4. The van der Waals surface area contributed by atoms with Crippen molar-refractivity contribution >= 4 is 48.1 Å². The SMILES string of the molecule is CC(C)(N)c1ccc(-c2ccc3[nH]ncc3c2-c2ccccn2)cc1.Cl.Cl.Cl. The summed E-state index contributed by atoms with van der Waals surface area (Å²) in [6, 6.07) is 18.6. The topological polar surface area (TPSA) is 67.6 Å². The molecule has 0 fully saturated rings. The van der Waals surface area contributed by atoms with E-state index in [0.717, 1.165) is 38.9 Å². The molecule has 0 saturated heterocycles. The van der Waals surface area contributed by atoms with Crippen LogP contribution < -0.4 is 5.73 Å². The molecule has 0 saturated carbocycles.